The molecule has 2 rings (SSSR count). The number of Topliss-reactive ketones (excluding diaryl/α,β-unsaturated/α-hetero) is 1. The zero-order chi connectivity index (χ0) is 44.4. The van der Waals surface area contributed by atoms with Crippen molar-refractivity contribution in [2.45, 2.75) is 131 Å². The van der Waals surface area contributed by atoms with Gasteiger partial charge in [0.15, 0.2) is 0 Å². The number of allylic oxidation sites excluding steroid dienone is 1. The fourth-order valence-electron chi connectivity index (χ4n) is 5.90. The van der Waals surface area contributed by atoms with E-state index in [4.69, 9.17) is 25.4 Å². The number of ether oxygens (including phenoxy) is 2. The largest absolute Gasteiger partial charge is 0.480 e. The van der Waals surface area contributed by atoms with Crippen LogP contribution in [0.4, 0.5) is 0 Å². The van der Waals surface area contributed by atoms with Crippen LogP contribution < -0.4 is 16.4 Å². The lowest BCUT2D eigenvalue weighted by molar-refractivity contribution is -0.154. The zero-order valence-corrected chi connectivity index (χ0v) is 36.8. The molecule has 7 atom stereocenters. The van der Waals surface area contributed by atoms with Crippen LogP contribution in [-0.4, -0.2) is 111 Å². The quantitative estimate of drug-likeness (QED) is 0.112. The van der Waals surface area contributed by atoms with Gasteiger partial charge in [0.1, 0.15) is 30.5 Å². The molecule has 18 heteroatoms. The minimum Gasteiger partial charge on any atom is -0.480 e. The van der Waals surface area contributed by atoms with Crippen molar-refractivity contribution in [3.05, 3.63) is 22.2 Å². The molecule has 1 aliphatic rings. The number of rotatable bonds is 14. The van der Waals surface area contributed by atoms with Gasteiger partial charge in [-0.3, -0.25) is 33.6 Å². The molecule has 1 saturated heterocycles. The van der Waals surface area contributed by atoms with Crippen LogP contribution in [0.25, 0.3) is 6.08 Å². The Bertz CT molecular complexity index is 1470. The van der Waals surface area contributed by atoms with Crippen molar-refractivity contribution in [3.8, 4) is 0 Å². The van der Waals surface area contributed by atoms with Crippen molar-refractivity contribution < 1.29 is 58.4 Å². The second kappa shape index (κ2) is 29.4. The second-order valence-electron chi connectivity index (χ2n) is 14.8. The smallest absolute Gasteiger partial charge is 0.322 e. The molecule has 7 N–H and O–H groups in total. The first kappa shape index (κ1) is 54.1. The van der Waals surface area contributed by atoms with Gasteiger partial charge in [-0.05, 0) is 63.2 Å². The summed E-state index contributed by atoms with van der Waals surface area (Å²) in [7, 11) is 0. The van der Waals surface area contributed by atoms with E-state index in [1.165, 1.54) is 11.8 Å². The first-order chi connectivity index (χ1) is 27.2. The van der Waals surface area contributed by atoms with Crippen molar-refractivity contribution >= 4 is 71.2 Å². The summed E-state index contributed by atoms with van der Waals surface area (Å²) in [6.45, 7) is 15.2. The van der Waals surface area contributed by atoms with E-state index in [0.29, 0.717) is 24.7 Å². The SMILES string of the molecule is C/C=C\c1csc(C)n1.CC1CCCOC(=O)CC(O)C(C)(C)C(=O)C(C)[C@@H](OC=O)C(C)CCC1.CCSCC(NC(=O)CCC(N)C(=O)O)C(=O)NCC(=O)O. The van der Waals surface area contributed by atoms with Gasteiger partial charge in [-0.15, -0.1) is 11.3 Å². The van der Waals surface area contributed by atoms with E-state index in [-0.39, 0.29) is 31.0 Å². The number of aryl methyl sites for hydroxylation is 1. The highest BCUT2D eigenvalue weighted by molar-refractivity contribution is 7.99. The first-order valence-electron chi connectivity index (χ1n) is 19.6. The number of ketones is 1. The highest BCUT2D eigenvalue weighted by Gasteiger charge is 2.43. The Morgan fingerprint density at radius 2 is 1.79 bits per heavy atom. The van der Waals surface area contributed by atoms with E-state index in [1.54, 1.807) is 32.1 Å². The molecule has 0 aliphatic carbocycles. The van der Waals surface area contributed by atoms with E-state index in [0.717, 1.165) is 48.6 Å². The number of aliphatic hydroxyl groups is 1. The summed E-state index contributed by atoms with van der Waals surface area (Å²) in [6, 6.07) is -2.02. The Balaban J connectivity index is 0.000000934. The Labute approximate surface area is 350 Å². The number of thiazole rings is 1. The maximum Gasteiger partial charge on any atom is 0.322 e. The molecule has 2 heterocycles. The average molecular weight is 859 g/mol. The average Bonchev–Trinajstić information content (AvgIpc) is 3.58. The van der Waals surface area contributed by atoms with E-state index < -0.39 is 71.9 Å². The zero-order valence-electron chi connectivity index (χ0n) is 35.2. The Kier molecular flexibility index (Phi) is 27.4. The Hall–Kier alpha value is -3.87. The van der Waals surface area contributed by atoms with Crippen molar-refractivity contribution in [2.75, 3.05) is 24.7 Å². The number of hydrogen-bond acceptors (Lipinski definition) is 14. The minimum atomic E-state index is -1.20. The molecule has 0 bridgehead atoms. The van der Waals surface area contributed by atoms with Crippen LogP contribution in [0.5, 0.6) is 0 Å². The molecule has 16 nitrogen and oxygen atoms in total. The molecule has 0 spiro atoms. The summed E-state index contributed by atoms with van der Waals surface area (Å²) < 4.78 is 10.5. The van der Waals surface area contributed by atoms with Gasteiger partial charge in [-0.2, -0.15) is 11.8 Å². The third-order valence-corrected chi connectivity index (χ3v) is 11.3. The molecule has 58 heavy (non-hydrogen) atoms. The lowest BCUT2D eigenvalue weighted by atomic mass is 9.73. The second-order valence-corrected chi connectivity index (χ2v) is 17.2. The predicted octanol–water partition coefficient (Wildman–Crippen LogP) is 4.39. The van der Waals surface area contributed by atoms with Gasteiger partial charge in [0, 0.05) is 17.6 Å². The van der Waals surface area contributed by atoms with Crippen LogP contribution in [0.3, 0.4) is 0 Å². The minimum absolute atomic E-state index is 0.0344. The molecular weight excluding hydrogens is 793 g/mol. The van der Waals surface area contributed by atoms with Gasteiger partial charge < -0.3 is 41.2 Å². The number of aliphatic carboxylic acids is 2. The number of hydrogen-bond donors (Lipinski definition) is 6. The number of nitrogens with two attached hydrogens (primary N) is 1. The van der Waals surface area contributed by atoms with Crippen LogP contribution in [0, 0.1) is 30.1 Å². The topological polar surface area (TPSA) is 262 Å². The summed E-state index contributed by atoms with van der Waals surface area (Å²) in [5.74, 6) is -3.23. The summed E-state index contributed by atoms with van der Waals surface area (Å²) in [4.78, 5) is 84.8. The molecule has 330 valence electrons. The van der Waals surface area contributed by atoms with Crippen LogP contribution in [0.15, 0.2) is 11.5 Å². The fraction of sp³-hybridized carbons (Fsp3) is 0.700. The maximum absolute atomic E-state index is 13.1. The number of aliphatic hydroxyl groups excluding tert-OH is 1. The monoisotopic (exact) mass is 858 g/mol. The normalized spacial score (nSPS) is 22.7. The molecule has 1 aromatic rings. The van der Waals surface area contributed by atoms with Crippen molar-refractivity contribution in [3.63, 3.8) is 0 Å². The summed E-state index contributed by atoms with van der Waals surface area (Å²) in [5, 5.41) is 35.5. The maximum atomic E-state index is 13.1. The molecular formula is C40H66N4O12S2. The molecule has 0 saturated carbocycles. The third kappa shape index (κ3) is 22.3. The van der Waals surface area contributed by atoms with E-state index in [1.807, 2.05) is 39.8 Å². The fourth-order valence-corrected chi connectivity index (χ4v) is 7.19. The number of carbonyl (C=O) groups is 7. The van der Waals surface area contributed by atoms with Crippen LogP contribution in [-0.2, 0) is 43.0 Å². The van der Waals surface area contributed by atoms with Crippen molar-refractivity contribution in [1.82, 2.24) is 15.6 Å². The lowest BCUT2D eigenvalue weighted by Crippen LogP contribution is -2.49. The van der Waals surface area contributed by atoms with Gasteiger partial charge in [-0.25, -0.2) is 4.98 Å². The predicted molar refractivity (Wildman–Crippen MR) is 224 cm³/mol. The third-order valence-electron chi connectivity index (χ3n) is 9.50. The van der Waals surface area contributed by atoms with Gasteiger partial charge >= 0.3 is 17.9 Å². The number of carboxylic acid groups (broad SMARTS) is 2. The first-order valence-corrected chi connectivity index (χ1v) is 21.6. The van der Waals surface area contributed by atoms with Crippen molar-refractivity contribution in [2.24, 2.45) is 28.9 Å². The number of cyclic esters (lactones) is 1. The molecule has 0 aromatic carbocycles. The highest BCUT2D eigenvalue weighted by atomic mass is 32.2. The Morgan fingerprint density at radius 3 is 2.34 bits per heavy atom. The summed E-state index contributed by atoms with van der Waals surface area (Å²) in [5.41, 5.74) is 5.21. The number of amides is 2. The highest BCUT2D eigenvalue weighted by Crippen LogP contribution is 2.33. The number of esters is 1. The van der Waals surface area contributed by atoms with Crippen molar-refractivity contribution in [1.29, 1.82) is 0 Å². The van der Waals surface area contributed by atoms with Gasteiger partial charge in [0.2, 0.25) is 11.8 Å². The molecule has 1 aromatic heterocycles. The summed E-state index contributed by atoms with van der Waals surface area (Å²) >= 11 is 3.09. The van der Waals surface area contributed by atoms with E-state index in [2.05, 4.69) is 27.9 Å². The van der Waals surface area contributed by atoms with Gasteiger partial charge in [-0.1, -0.05) is 60.5 Å². The Morgan fingerprint density at radius 1 is 1.14 bits per heavy atom. The molecule has 2 amide bonds. The lowest BCUT2D eigenvalue weighted by Gasteiger charge is -2.35. The standard InChI is InChI=1S/C21H36O6.C12H21N3O6S.C7H9NS/c1-14-8-6-10-15(2)19(27-13-22)16(3)20(25)21(4,5)17(23)12-18(24)26-11-7-9-14;1-2-22-6-8(11(19)14-5-10(17)18)15-9(16)4-3-7(13)12(20)21;1-3-4-7-5-9-6(2)8-7/h13-17,19,23H,6-12H2,1-5H3;7-8H,2-6,13H2,1H3,(H,14,19)(H,15,16)(H,17,18)(H,20,21);3-5H,1-2H3/b;;4-3-/t14?,15?,16?,17?,19-;;/m0../s1. The number of carbonyl (C=O) groups excluding carboxylic acids is 5. The molecule has 1 fully saturated rings. The molecule has 6 unspecified atom stereocenters. The van der Waals surface area contributed by atoms with Crippen LogP contribution >= 0.6 is 23.1 Å². The van der Waals surface area contributed by atoms with E-state index >= 15 is 0 Å². The van der Waals surface area contributed by atoms with Crippen LogP contribution in [0.2, 0.25) is 0 Å². The number of nitrogens with one attached hydrogen (secondary N) is 2. The van der Waals surface area contributed by atoms with Gasteiger partial charge in [0.05, 0.1) is 41.2 Å². The number of aromatic nitrogens is 1. The summed E-state index contributed by atoms with van der Waals surface area (Å²) in [6.07, 6.45) is 6.53. The molecule has 0 radical (unpaired) electrons. The van der Waals surface area contributed by atoms with Gasteiger partial charge in [0.25, 0.3) is 6.47 Å². The number of carboxylic acids is 2. The number of thioether (sulfide) groups is 1. The molecule has 1 aliphatic heterocycles. The van der Waals surface area contributed by atoms with Crippen LogP contribution in [0.1, 0.15) is 111 Å². The number of nitrogens with zero attached hydrogens (tertiary/aromatic N) is 1. The van der Waals surface area contributed by atoms with E-state index in [9.17, 15) is 38.7 Å².